The largest absolute Gasteiger partial charge is 0.352 e. The summed E-state index contributed by atoms with van der Waals surface area (Å²) in [5, 5.41) is 2.90. The Morgan fingerprint density at radius 2 is 2.35 bits per heavy atom. The van der Waals surface area contributed by atoms with Gasteiger partial charge in [0.15, 0.2) is 0 Å². The molecule has 0 fully saturated rings. The van der Waals surface area contributed by atoms with Gasteiger partial charge in [-0.1, -0.05) is 6.92 Å². The lowest BCUT2D eigenvalue weighted by atomic mass is 10.1. The van der Waals surface area contributed by atoms with Crippen LogP contribution in [0.1, 0.15) is 35.8 Å². The molecule has 94 valence electrons. The summed E-state index contributed by atoms with van der Waals surface area (Å²) in [5.41, 5.74) is 1.52. The van der Waals surface area contributed by atoms with E-state index in [4.69, 9.17) is 11.6 Å². The van der Waals surface area contributed by atoms with Crippen LogP contribution < -0.4 is 5.32 Å². The van der Waals surface area contributed by atoms with Gasteiger partial charge >= 0.3 is 0 Å². The third-order valence-corrected chi connectivity index (χ3v) is 3.11. The molecule has 1 amide bonds. The van der Waals surface area contributed by atoms with Gasteiger partial charge in [-0.15, -0.1) is 11.6 Å². The van der Waals surface area contributed by atoms with Crippen LogP contribution in [0.5, 0.6) is 0 Å². The third-order valence-electron chi connectivity index (χ3n) is 2.58. The van der Waals surface area contributed by atoms with Crippen LogP contribution in [0, 0.1) is 12.8 Å². The van der Waals surface area contributed by atoms with Gasteiger partial charge in [0.2, 0.25) is 0 Å². The maximum Gasteiger partial charge on any atom is 0.251 e. The molecule has 1 N–H and O–H groups in total. The predicted octanol–water partition coefficient (Wildman–Crippen LogP) is 2.77. The van der Waals surface area contributed by atoms with E-state index in [1.54, 1.807) is 18.3 Å². The van der Waals surface area contributed by atoms with Crippen LogP contribution in [0.25, 0.3) is 0 Å². The van der Waals surface area contributed by atoms with Crippen LogP contribution in [0.15, 0.2) is 18.3 Å². The van der Waals surface area contributed by atoms with Gasteiger partial charge in [0.1, 0.15) is 0 Å². The Kier molecular flexibility index (Phi) is 5.98. The van der Waals surface area contributed by atoms with Crippen molar-refractivity contribution in [3.05, 3.63) is 29.6 Å². The minimum atomic E-state index is -0.0333. The van der Waals surface area contributed by atoms with E-state index < -0.39 is 0 Å². The van der Waals surface area contributed by atoms with Crippen molar-refractivity contribution in [2.75, 3.05) is 12.4 Å². The number of carbonyl (C=O) groups is 1. The molecule has 4 heteroatoms. The zero-order valence-electron chi connectivity index (χ0n) is 10.4. The summed E-state index contributed by atoms with van der Waals surface area (Å²) in [6.07, 6.45) is 3.66. The van der Waals surface area contributed by atoms with Crippen molar-refractivity contribution in [2.45, 2.75) is 26.7 Å². The number of aryl methyl sites for hydroxylation is 1. The van der Waals surface area contributed by atoms with E-state index in [1.807, 2.05) is 6.92 Å². The molecule has 0 aliphatic heterocycles. The fourth-order valence-electron chi connectivity index (χ4n) is 1.52. The maximum atomic E-state index is 11.7. The zero-order valence-corrected chi connectivity index (χ0v) is 11.1. The number of halogens is 1. The average Bonchev–Trinajstić information content (AvgIpc) is 2.34. The Hall–Kier alpha value is -1.09. The van der Waals surface area contributed by atoms with Gasteiger partial charge in [-0.3, -0.25) is 9.78 Å². The number of alkyl halides is 1. The van der Waals surface area contributed by atoms with Gasteiger partial charge in [-0.25, -0.2) is 0 Å². The zero-order chi connectivity index (χ0) is 12.7. The summed E-state index contributed by atoms with van der Waals surface area (Å²) >= 11 is 5.71. The van der Waals surface area contributed by atoms with E-state index >= 15 is 0 Å². The molecular weight excluding hydrogens is 236 g/mol. The molecule has 0 aromatic carbocycles. The van der Waals surface area contributed by atoms with Crippen molar-refractivity contribution >= 4 is 17.5 Å². The van der Waals surface area contributed by atoms with E-state index in [0.29, 0.717) is 23.9 Å². The Morgan fingerprint density at radius 1 is 1.59 bits per heavy atom. The van der Waals surface area contributed by atoms with Gasteiger partial charge in [0.05, 0.1) is 0 Å². The molecule has 3 nitrogen and oxygen atoms in total. The first-order chi connectivity index (χ1) is 8.13. The molecule has 0 saturated carbocycles. The Bertz CT molecular complexity index is 368. The van der Waals surface area contributed by atoms with Crippen LogP contribution >= 0.6 is 11.6 Å². The SMILES string of the molecule is Cc1cc(C(=O)NCCCC(C)CCl)ccn1. The summed E-state index contributed by atoms with van der Waals surface area (Å²) in [5.74, 6) is 1.16. The second-order valence-electron chi connectivity index (χ2n) is 4.34. The summed E-state index contributed by atoms with van der Waals surface area (Å²) in [6.45, 7) is 4.68. The van der Waals surface area contributed by atoms with Crippen molar-refractivity contribution < 1.29 is 4.79 Å². The Balaban J connectivity index is 2.30. The van der Waals surface area contributed by atoms with E-state index in [2.05, 4.69) is 17.2 Å². The molecule has 1 heterocycles. The highest BCUT2D eigenvalue weighted by Gasteiger charge is 2.05. The fourth-order valence-corrected chi connectivity index (χ4v) is 1.67. The lowest BCUT2D eigenvalue weighted by molar-refractivity contribution is 0.0952. The van der Waals surface area contributed by atoms with Gasteiger partial charge in [0.25, 0.3) is 5.91 Å². The molecule has 0 aliphatic rings. The maximum absolute atomic E-state index is 11.7. The number of aromatic nitrogens is 1. The van der Waals surface area contributed by atoms with Crippen LogP contribution in [0.2, 0.25) is 0 Å². The summed E-state index contributed by atoms with van der Waals surface area (Å²) in [6, 6.07) is 3.51. The van der Waals surface area contributed by atoms with Crippen molar-refractivity contribution in [1.82, 2.24) is 10.3 Å². The lowest BCUT2D eigenvalue weighted by Gasteiger charge is -2.08. The van der Waals surface area contributed by atoms with Gasteiger partial charge < -0.3 is 5.32 Å². The average molecular weight is 255 g/mol. The predicted molar refractivity (Wildman–Crippen MR) is 70.4 cm³/mol. The number of hydrogen-bond donors (Lipinski definition) is 1. The minimum Gasteiger partial charge on any atom is -0.352 e. The molecule has 0 aliphatic carbocycles. The Morgan fingerprint density at radius 3 is 3.00 bits per heavy atom. The molecule has 1 atom stereocenters. The molecular formula is C13H19ClN2O. The Labute approximate surface area is 108 Å². The van der Waals surface area contributed by atoms with Crippen LogP contribution in [0.4, 0.5) is 0 Å². The number of amides is 1. The summed E-state index contributed by atoms with van der Waals surface area (Å²) < 4.78 is 0. The highest BCUT2D eigenvalue weighted by molar-refractivity contribution is 6.18. The van der Waals surface area contributed by atoms with Gasteiger partial charge in [-0.2, -0.15) is 0 Å². The molecule has 0 radical (unpaired) electrons. The second kappa shape index (κ2) is 7.28. The van der Waals surface area contributed by atoms with E-state index in [1.165, 1.54) is 0 Å². The number of nitrogens with one attached hydrogen (secondary N) is 1. The van der Waals surface area contributed by atoms with Crippen molar-refractivity contribution in [3.8, 4) is 0 Å². The number of carbonyl (C=O) groups excluding carboxylic acids is 1. The molecule has 1 aromatic rings. The number of nitrogens with zero attached hydrogens (tertiary/aromatic N) is 1. The molecule has 17 heavy (non-hydrogen) atoms. The smallest absolute Gasteiger partial charge is 0.251 e. The van der Waals surface area contributed by atoms with E-state index in [-0.39, 0.29) is 5.91 Å². The van der Waals surface area contributed by atoms with E-state index in [9.17, 15) is 4.79 Å². The van der Waals surface area contributed by atoms with Crippen LogP contribution in [0.3, 0.4) is 0 Å². The molecule has 0 bridgehead atoms. The molecule has 0 saturated heterocycles. The van der Waals surface area contributed by atoms with E-state index in [0.717, 1.165) is 18.5 Å². The summed E-state index contributed by atoms with van der Waals surface area (Å²) in [7, 11) is 0. The van der Waals surface area contributed by atoms with Crippen molar-refractivity contribution in [3.63, 3.8) is 0 Å². The summed E-state index contributed by atoms with van der Waals surface area (Å²) in [4.78, 5) is 15.8. The first-order valence-corrected chi connectivity index (χ1v) is 6.43. The van der Waals surface area contributed by atoms with Crippen LogP contribution in [-0.2, 0) is 0 Å². The lowest BCUT2D eigenvalue weighted by Crippen LogP contribution is -2.24. The molecule has 1 aromatic heterocycles. The normalized spacial score (nSPS) is 12.2. The third kappa shape index (κ3) is 5.18. The number of pyridine rings is 1. The van der Waals surface area contributed by atoms with Crippen molar-refractivity contribution in [2.24, 2.45) is 5.92 Å². The second-order valence-corrected chi connectivity index (χ2v) is 4.65. The van der Waals surface area contributed by atoms with Gasteiger partial charge in [0, 0.05) is 29.9 Å². The monoisotopic (exact) mass is 254 g/mol. The number of hydrogen-bond acceptors (Lipinski definition) is 2. The molecule has 1 rings (SSSR count). The van der Waals surface area contributed by atoms with Gasteiger partial charge in [-0.05, 0) is 37.8 Å². The first kappa shape index (κ1) is 14.0. The topological polar surface area (TPSA) is 42.0 Å². The quantitative estimate of drug-likeness (QED) is 0.627. The highest BCUT2D eigenvalue weighted by atomic mass is 35.5. The minimum absolute atomic E-state index is 0.0333. The highest BCUT2D eigenvalue weighted by Crippen LogP contribution is 2.06. The first-order valence-electron chi connectivity index (χ1n) is 5.90. The molecule has 0 spiro atoms. The fraction of sp³-hybridized carbons (Fsp3) is 0.538. The number of rotatable bonds is 6. The molecule has 1 unspecified atom stereocenters. The standard InChI is InChI=1S/C13H19ClN2O/c1-10(9-14)4-3-6-16-13(17)12-5-7-15-11(2)8-12/h5,7-8,10H,3-4,6,9H2,1-2H3,(H,16,17). The van der Waals surface area contributed by atoms with Crippen molar-refractivity contribution in [1.29, 1.82) is 0 Å². The van der Waals surface area contributed by atoms with Crippen LogP contribution in [-0.4, -0.2) is 23.3 Å².